The number of esters is 1. The molecule has 0 heterocycles. The lowest BCUT2D eigenvalue weighted by molar-refractivity contribution is -0.189. The highest BCUT2D eigenvalue weighted by Gasteiger charge is 2.41. The van der Waals surface area contributed by atoms with Gasteiger partial charge < -0.3 is 9.84 Å². The SMILES string of the molecule is CCCCCCc1ccc(OC(=O)C(F)(F)F)cc1O. The Morgan fingerprint density at radius 2 is 1.95 bits per heavy atom. The summed E-state index contributed by atoms with van der Waals surface area (Å²) < 4.78 is 40.2. The first kappa shape index (κ1) is 16.3. The molecule has 0 fully saturated rings. The second-order valence-electron chi connectivity index (χ2n) is 4.49. The lowest BCUT2D eigenvalue weighted by atomic mass is 10.1. The summed E-state index contributed by atoms with van der Waals surface area (Å²) in [5.74, 6) is -2.77. The largest absolute Gasteiger partial charge is 0.508 e. The first-order valence-corrected chi connectivity index (χ1v) is 6.45. The van der Waals surface area contributed by atoms with E-state index >= 15 is 0 Å². The number of aromatic hydroxyl groups is 1. The zero-order valence-electron chi connectivity index (χ0n) is 11.2. The Bertz CT molecular complexity index is 455. The van der Waals surface area contributed by atoms with Crippen LogP contribution in [0.25, 0.3) is 0 Å². The molecule has 112 valence electrons. The van der Waals surface area contributed by atoms with Gasteiger partial charge in [0.25, 0.3) is 0 Å². The summed E-state index contributed by atoms with van der Waals surface area (Å²) in [5.41, 5.74) is 0.632. The summed E-state index contributed by atoms with van der Waals surface area (Å²) in [6.07, 6.45) is -0.294. The van der Waals surface area contributed by atoms with Gasteiger partial charge in [0.15, 0.2) is 0 Å². The molecule has 1 N–H and O–H groups in total. The van der Waals surface area contributed by atoms with E-state index in [0.29, 0.717) is 12.0 Å². The number of hydrogen-bond acceptors (Lipinski definition) is 3. The number of rotatable bonds is 6. The van der Waals surface area contributed by atoms with E-state index in [0.717, 1.165) is 31.7 Å². The third kappa shape index (κ3) is 5.11. The molecule has 1 aromatic carbocycles. The van der Waals surface area contributed by atoms with Crippen molar-refractivity contribution in [2.45, 2.75) is 45.2 Å². The highest BCUT2D eigenvalue weighted by atomic mass is 19.4. The molecule has 0 bridgehead atoms. The van der Waals surface area contributed by atoms with E-state index < -0.39 is 12.1 Å². The zero-order chi connectivity index (χ0) is 15.2. The molecule has 0 unspecified atom stereocenters. The third-order valence-corrected chi connectivity index (χ3v) is 2.80. The highest BCUT2D eigenvalue weighted by Crippen LogP contribution is 2.27. The van der Waals surface area contributed by atoms with Crippen LogP contribution in [0.15, 0.2) is 18.2 Å². The topological polar surface area (TPSA) is 46.5 Å². The maximum absolute atomic E-state index is 12.0. The number of carbonyl (C=O) groups excluding carboxylic acids is 1. The van der Waals surface area contributed by atoms with Crippen LogP contribution in [0, 0.1) is 0 Å². The average molecular weight is 290 g/mol. The van der Waals surface area contributed by atoms with E-state index in [-0.39, 0.29) is 11.5 Å². The minimum atomic E-state index is -5.05. The van der Waals surface area contributed by atoms with E-state index in [2.05, 4.69) is 11.7 Å². The van der Waals surface area contributed by atoms with Crippen LogP contribution in [0.5, 0.6) is 11.5 Å². The van der Waals surface area contributed by atoms with Crippen molar-refractivity contribution < 1.29 is 27.8 Å². The first-order chi connectivity index (χ1) is 9.34. The van der Waals surface area contributed by atoms with Gasteiger partial charge in [-0.3, -0.25) is 0 Å². The number of phenolic OH excluding ortho intramolecular Hbond substituents is 1. The van der Waals surface area contributed by atoms with Crippen molar-refractivity contribution in [3.63, 3.8) is 0 Å². The number of carbonyl (C=O) groups is 1. The fourth-order valence-electron chi connectivity index (χ4n) is 1.73. The molecule has 0 atom stereocenters. The van der Waals surface area contributed by atoms with E-state index in [9.17, 15) is 23.1 Å². The van der Waals surface area contributed by atoms with Crippen LogP contribution in [-0.4, -0.2) is 17.3 Å². The Kier molecular flexibility index (Phi) is 5.85. The van der Waals surface area contributed by atoms with Crippen LogP contribution in [0.2, 0.25) is 0 Å². The van der Waals surface area contributed by atoms with Gasteiger partial charge in [0.2, 0.25) is 0 Å². The number of unbranched alkanes of at least 4 members (excludes halogenated alkanes) is 3. The lowest BCUT2D eigenvalue weighted by Crippen LogP contribution is -2.27. The van der Waals surface area contributed by atoms with Crippen LogP contribution in [0.1, 0.15) is 38.2 Å². The van der Waals surface area contributed by atoms with Crippen molar-refractivity contribution in [2.75, 3.05) is 0 Å². The second kappa shape index (κ2) is 7.17. The number of aryl methyl sites for hydroxylation is 1. The Hall–Kier alpha value is -1.72. The molecule has 20 heavy (non-hydrogen) atoms. The van der Waals surface area contributed by atoms with E-state index in [1.165, 1.54) is 12.1 Å². The standard InChI is InChI=1S/C14H17F3O3/c1-2-3-4-5-6-10-7-8-11(9-12(10)18)20-13(19)14(15,16)17/h7-9,18H,2-6H2,1H3. The summed E-state index contributed by atoms with van der Waals surface area (Å²) in [5, 5.41) is 9.69. The minimum Gasteiger partial charge on any atom is -0.508 e. The molecular weight excluding hydrogens is 273 g/mol. The maximum atomic E-state index is 12.0. The van der Waals surface area contributed by atoms with Crippen LogP contribution < -0.4 is 4.74 Å². The Balaban J connectivity index is 2.61. The van der Waals surface area contributed by atoms with Crippen molar-refractivity contribution in [3.05, 3.63) is 23.8 Å². The maximum Gasteiger partial charge on any atom is 0.491 e. The van der Waals surface area contributed by atoms with Gasteiger partial charge in [-0.1, -0.05) is 32.3 Å². The molecular formula is C14H17F3O3. The van der Waals surface area contributed by atoms with Gasteiger partial charge in [-0.25, -0.2) is 4.79 Å². The fourth-order valence-corrected chi connectivity index (χ4v) is 1.73. The Labute approximate surface area is 115 Å². The quantitative estimate of drug-likeness (QED) is 0.489. The van der Waals surface area contributed by atoms with Crippen LogP contribution in [-0.2, 0) is 11.2 Å². The molecule has 0 saturated heterocycles. The fraction of sp³-hybridized carbons (Fsp3) is 0.500. The Morgan fingerprint density at radius 1 is 1.25 bits per heavy atom. The zero-order valence-corrected chi connectivity index (χ0v) is 11.2. The van der Waals surface area contributed by atoms with E-state index in [1.807, 2.05) is 0 Å². The summed E-state index contributed by atoms with van der Waals surface area (Å²) in [6.45, 7) is 2.08. The van der Waals surface area contributed by atoms with Gasteiger partial charge in [-0.15, -0.1) is 0 Å². The predicted octanol–water partition coefficient (Wildman–Crippen LogP) is 3.98. The number of alkyl halides is 3. The first-order valence-electron chi connectivity index (χ1n) is 6.45. The molecule has 0 spiro atoms. The number of benzene rings is 1. The third-order valence-electron chi connectivity index (χ3n) is 2.80. The van der Waals surface area contributed by atoms with E-state index in [4.69, 9.17) is 0 Å². The smallest absolute Gasteiger partial charge is 0.491 e. The molecule has 3 nitrogen and oxygen atoms in total. The molecule has 0 saturated carbocycles. The minimum absolute atomic E-state index is 0.158. The molecule has 6 heteroatoms. The van der Waals surface area contributed by atoms with Crippen molar-refractivity contribution in [1.29, 1.82) is 0 Å². The van der Waals surface area contributed by atoms with Gasteiger partial charge in [-0.05, 0) is 24.5 Å². The van der Waals surface area contributed by atoms with Crippen LogP contribution in [0.4, 0.5) is 13.2 Å². The molecule has 0 radical (unpaired) electrons. The van der Waals surface area contributed by atoms with Gasteiger partial charge in [0.05, 0.1) is 0 Å². The average Bonchev–Trinajstić information content (AvgIpc) is 2.35. The van der Waals surface area contributed by atoms with Gasteiger partial charge in [0, 0.05) is 6.07 Å². The normalized spacial score (nSPS) is 11.4. The molecule has 1 aromatic rings. The number of phenols is 1. The predicted molar refractivity (Wildman–Crippen MR) is 67.6 cm³/mol. The molecule has 0 amide bonds. The molecule has 0 aromatic heterocycles. The van der Waals surface area contributed by atoms with Crippen LogP contribution in [0.3, 0.4) is 0 Å². The lowest BCUT2D eigenvalue weighted by Gasteiger charge is -2.09. The van der Waals surface area contributed by atoms with E-state index in [1.54, 1.807) is 0 Å². The number of hydrogen-bond donors (Lipinski definition) is 1. The number of halogens is 3. The van der Waals surface area contributed by atoms with Gasteiger partial charge >= 0.3 is 12.1 Å². The molecule has 1 rings (SSSR count). The van der Waals surface area contributed by atoms with Gasteiger partial charge in [0.1, 0.15) is 11.5 Å². The summed E-state index contributed by atoms with van der Waals surface area (Å²) in [7, 11) is 0. The summed E-state index contributed by atoms with van der Waals surface area (Å²) in [4.78, 5) is 10.6. The van der Waals surface area contributed by atoms with Crippen molar-refractivity contribution >= 4 is 5.97 Å². The summed E-state index contributed by atoms with van der Waals surface area (Å²) >= 11 is 0. The van der Waals surface area contributed by atoms with Crippen molar-refractivity contribution in [1.82, 2.24) is 0 Å². The molecule has 0 aliphatic carbocycles. The van der Waals surface area contributed by atoms with Gasteiger partial charge in [-0.2, -0.15) is 13.2 Å². The molecule has 0 aliphatic rings. The van der Waals surface area contributed by atoms with Crippen LogP contribution >= 0.6 is 0 Å². The second-order valence-corrected chi connectivity index (χ2v) is 4.49. The molecule has 0 aliphatic heterocycles. The summed E-state index contributed by atoms with van der Waals surface area (Å²) in [6, 6.07) is 3.75. The Morgan fingerprint density at radius 3 is 2.50 bits per heavy atom. The monoisotopic (exact) mass is 290 g/mol. The van der Waals surface area contributed by atoms with Crippen molar-refractivity contribution in [3.8, 4) is 11.5 Å². The number of ether oxygens (including phenoxy) is 1. The van der Waals surface area contributed by atoms with Crippen molar-refractivity contribution in [2.24, 2.45) is 0 Å². The highest BCUT2D eigenvalue weighted by molar-refractivity contribution is 5.78.